The number of hydrogen-bond donors (Lipinski definition) is 2. The molecule has 2 amide bonds. The molecule has 27 heavy (non-hydrogen) atoms. The van der Waals surface area contributed by atoms with Crippen molar-refractivity contribution in [3.05, 3.63) is 29.8 Å². The minimum atomic E-state index is -2.95. The fourth-order valence-corrected chi connectivity index (χ4v) is 2.07. The second-order valence-electron chi connectivity index (χ2n) is 5.77. The lowest BCUT2D eigenvalue weighted by Crippen LogP contribution is -2.34. The molecule has 2 N–H and O–H groups in total. The standard InChI is InChI=1S/C19H26F2N2O4/c1-4-13(3)23-18(25)10-11-22-17(24)9-7-14-6-8-15(27-19(20)21)16(12-14)26-5-2/h6-9,12-13,19H,4-5,10-11H2,1-3H3,(H,22,24)(H,23,25)/b9-7+. The molecule has 1 atom stereocenters. The van der Waals surface area contributed by atoms with Crippen molar-refractivity contribution >= 4 is 17.9 Å². The number of alkyl halides is 2. The molecule has 0 aliphatic carbocycles. The molecule has 1 rings (SSSR count). The number of nitrogens with one attached hydrogen (secondary N) is 2. The van der Waals surface area contributed by atoms with Crippen LogP contribution in [0.1, 0.15) is 39.2 Å². The number of carbonyl (C=O) groups excluding carboxylic acids is 2. The van der Waals surface area contributed by atoms with Gasteiger partial charge in [-0.3, -0.25) is 9.59 Å². The van der Waals surface area contributed by atoms with Gasteiger partial charge in [-0.1, -0.05) is 13.0 Å². The maximum absolute atomic E-state index is 12.4. The van der Waals surface area contributed by atoms with Crippen LogP contribution < -0.4 is 20.1 Å². The molecule has 0 aliphatic rings. The number of rotatable bonds is 11. The highest BCUT2D eigenvalue weighted by molar-refractivity contribution is 5.92. The van der Waals surface area contributed by atoms with Gasteiger partial charge >= 0.3 is 6.61 Å². The zero-order chi connectivity index (χ0) is 20.2. The lowest BCUT2D eigenvalue weighted by molar-refractivity contribution is -0.121. The molecule has 1 unspecified atom stereocenters. The van der Waals surface area contributed by atoms with Crippen LogP contribution in [-0.4, -0.2) is 37.6 Å². The molecule has 0 bridgehead atoms. The van der Waals surface area contributed by atoms with E-state index in [9.17, 15) is 18.4 Å². The van der Waals surface area contributed by atoms with Gasteiger partial charge in [0.1, 0.15) is 0 Å². The molecule has 1 aromatic rings. The molecule has 6 nitrogen and oxygen atoms in total. The number of amides is 2. The molecule has 8 heteroatoms. The maximum atomic E-state index is 12.4. The van der Waals surface area contributed by atoms with E-state index in [0.29, 0.717) is 5.56 Å². The Morgan fingerprint density at radius 1 is 1.22 bits per heavy atom. The maximum Gasteiger partial charge on any atom is 0.387 e. The monoisotopic (exact) mass is 384 g/mol. The predicted octanol–water partition coefficient (Wildman–Crippen LogP) is 3.12. The van der Waals surface area contributed by atoms with Crippen molar-refractivity contribution in [1.29, 1.82) is 0 Å². The lowest BCUT2D eigenvalue weighted by Gasteiger charge is -2.11. The number of benzene rings is 1. The van der Waals surface area contributed by atoms with Crippen LogP contribution in [-0.2, 0) is 9.59 Å². The minimum absolute atomic E-state index is 0.0687. The number of ether oxygens (including phenoxy) is 2. The number of hydrogen-bond acceptors (Lipinski definition) is 4. The third kappa shape index (κ3) is 9.03. The molecular weight excluding hydrogens is 358 g/mol. The zero-order valence-electron chi connectivity index (χ0n) is 15.8. The number of halogens is 2. The molecule has 0 aliphatic heterocycles. The summed E-state index contributed by atoms with van der Waals surface area (Å²) in [6, 6.07) is 4.49. The van der Waals surface area contributed by atoms with Crippen LogP contribution in [0.2, 0.25) is 0 Å². The van der Waals surface area contributed by atoms with Gasteiger partial charge in [0.05, 0.1) is 6.61 Å². The molecule has 0 fully saturated rings. The van der Waals surface area contributed by atoms with Crippen molar-refractivity contribution in [3.63, 3.8) is 0 Å². The van der Waals surface area contributed by atoms with E-state index in [2.05, 4.69) is 15.4 Å². The second-order valence-corrected chi connectivity index (χ2v) is 5.77. The summed E-state index contributed by atoms with van der Waals surface area (Å²) in [6.45, 7) is 3.16. The van der Waals surface area contributed by atoms with Crippen molar-refractivity contribution in [2.24, 2.45) is 0 Å². The van der Waals surface area contributed by atoms with Crippen LogP contribution >= 0.6 is 0 Å². The van der Waals surface area contributed by atoms with Crippen LogP contribution in [0.15, 0.2) is 24.3 Å². The summed E-state index contributed by atoms with van der Waals surface area (Å²) in [5, 5.41) is 5.42. The van der Waals surface area contributed by atoms with Gasteiger partial charge in [0.2, 0.25) is 11.8 Å². The molecular formula is C19H26F2N2O4. The van der Waals surface area contributed by atoms with Crippen molar-refractivity contribution in [1.82, 2.24) is 10.6 Å². The average Bonchev–Trinajstić information content (AvgIpc) is 2.61. The van der Waals surface area contributed by atoms with Gasteiger partial charge in [0.15, 0.2) is 11.5 Å². The van der Waals surface area contributed by atoms with E-state index in [4.69, 9.17) is 4.74 Å². The van der Waals surface area contributed by atoms with Crippen LogP contribution in [0.5, 0.6) is 11.5 Å². The Balaban J connectivity index is 2.56. The Kier molecular flexibility index (Phi) is 9.85. The van der Waals surface area contributed by atoms with E-state index in [-0.39, 0.29) is 48.9 Å². The summed E-state index contributed by atoms with van der Waals surface area (Å²) in [7, 11) is 0. The third-order valence-electron chi connectivity index (χ3n) is 3.58. The SMILES string of the molecule is CCOc1cc(/C=C/C(=O)NCCC(=O)NC(C)CC)ccc1OC(F)F. The average molecular weight is 384 g/mol. The summed E-state index contributed by atoms with van der Waals surface area (Å²) in [5.74, 6) is -0.385. The Labute approximate surface area is 157 Å². The largest absolute Gasteiger partial charge is 0.490 e. The first-order chi connectivity index (χ1) is 12.8. The summed E-state index contributed by atoms with van der Waals surface area (Å²) < 4.78 is 34.4. The summed E-state index contributed by atoms with van der Waals surface area (Å²) in [6.07, 6.45) is 3.85. The van der Waals surface area contributed by atoms with Gasteiger partial charge in [-0.2, -0.15) is 8.78 Å². The Bertz CT molecular complexity index is 651. The first kappa shape index (κ1) is 22.4. The fourth-order valence-electron chi connectivity index (χ4n) is 2.07. The summed E-state index contributed by atoms with van der Waals surface area (Å²) >= 11 is 0. The summed E-state index contributed by atoms with van der Waals surface area (Å²) in [5.41, 5.74) is 0.588. The predicted molar refractivity (Wildman–Crippen MR) is 98.8 cm³/mol. The smallest absolute Gasteiger partial charge is 0.387 e. The Morgan fingerprint density at radius 2 is 1.96 bits per heavy atom. The van der Waals surface area contributed by atoms with Crippen LogP contribution in [0.3, 0.4) is 0 Å². The Hall–Kier alpha value is -2.64. The third-order valence-corrected chi connectivity index (χ3v) is 3.58. The van der Waals surface area contributed by atoms with Gasteiger partial charge in [-0.05, 0) is 44.0 Å². The number of carbonyl (C=O) groups is 2. The van der Waals surface area contributed by atoms with Crippen molar-refractivity contribution in [2.45, 2.75) is 46.3 Å². The lowest BCUT2D eigenvalue weighted by atomic mass is 10.2. The van der Waals surface area contributed by atoms with Gasteiger partial charge in [0, 0.05) is 25.1 Å². The van der Waals surface area contributed by atoms with Gasteiger partial charge in [-0.25, -0.2) is 0 Å². The Morgan fingerprint density at radius 3 is 2.59 bits per heavy atom. The van der Waals surface area contributed by atoms with Crippen molar-refractivity contribution in [2.75, 3.05) is 13.2 Å². The van der Waals surface area contributed by atoms with E-state index >= 15 is 0 Å². The van der Waals surface area contributed by atoms with Crippen LogP contribution in [0.25, 0.3) is 6.08 Å². The van der Waals surface area contributed by atoms with Crippen LogP contribution in [0.4, 0.5) is 8.78 Å². The highest BCUT2D eigenvalue weighted by Gasteiger charge is 2.11. The van der Waals surface area contributed by atoms with E-state index in [1.807, 2.05) is 13.8 Å². The minimum Gasteiger partial charge on any atom is -0.490 e. The first-order valence-corrected chi connectivity index (χ1v) is 8.82. The second kappa shape index (κ2) is 11.9. The molecule has 150 valence electrons. The van der Waals surface area contributed by atoms with E-state index in [0.717, 1.165) is 6.42 Å². The van der Waals surface area contributed by atoms with Crippen molar-refractivity contribution < 1.29 is 27.8 Å². The molecule has 0 spiro atoms. The zero-order valence-corrected chi connectivity index (χ0v) is 15.8. The molecule has 0 saturated heterocycles. The quantitative estimate of drug-likeness (QED) is 0.575. The molecule has 0 aromatic heterocycles. The topological polar surface area (TPSA) is 76.7 Å². The molecule has 1 aromatic carbocycles. The molecule has 0 saturated carbocycles. The van der Waals surface area contributed by atoms with Gasteiger partial charge in [0.25, 0.3) is 0 Å². The van der Waals surface area contributed by atoms with E-state index in [1.54, 1.807) is 6.92 Å². The first-order valence-electron chi connectivity index (χ1n) is 8.82. The van der Waals surface area contributed by atoms with Gasteiger partial charge < -0.3 is 20.1 Å². The molecule has 0 radical (unpaired) electrons. The normalized spacial score (nSPS) is 12.1. The highest BCUT2D eigenvalue weighted by atomic mass is 19.3. The van der Waals surface area contributed by atoms with E-state index in [1.165, 1.54) is 30.4 Å². The fraction of sp³-hybridized carbons (Fsp3) is 0.474. The highest BCUT2D eigenvalue weighted by Crippen LogP contribution is 2.30. The molecule has 0 heterocycles. The van der Waals surface area contributed by atoms with E-state index < -0.39 is 6.61 Å². The van der Waals surface area contributed by atoms with Crippen LogP contribution in [0, 0.1) is 0 Å². The van der Waals surface area contributed by atoms with Gasteiger partial charge in [-0.15, -0.1) is 0 Å². The van der Waals surface area contributed by atoms with Crippen molar-refractivity contribution in [3.8, 4) is 11.5 Å². The summed E-state index contributed by atoms with van der Waals surface area (Å²) in [4.78, 5) is 23.4.